The van der Waals surface area contributed by atoms with Crippen LogP contribution < -0.4 is 10.0 Å². The molecule has 0 fully saturated rings. The lowest BCUT2D eigenvalue weighted by atomic mass is 10.0. The monoisotopic (exact) mass is 399 g/mol. The third kappa shape index (κ3) is 4.58. The van der Waals surface area contributed by atoms with E-state index in [0.29, 0.717) is 22.7 Å². The molecule has 3 aromatic rings. The quantitative estimate of drug-likeness (QED) is 0.660. The number of carbonyl (C=O) groups excluding carboxylic acids is 1. The number of aryl methyl sites for hydroxylation is 1. The lowest BCUT2D eigenvalue weighted by Gasteiger charge is -2.16. The van der Waals surface area contributed by atoms with Gasteiger partial charge in [-0.05, 0) is 31.5 Å². The van der Waals surface area contributed by atoms with Crippen molar-refractivity contribution in [2.45, 2.75) is 19.9 Å². The van der Waals surface area contributed by atoms with Gasteiger partial charge in [0, 0.05) is 11.3 Å². The van der Waals surface area contributed by atoms with E-state index in [2.05, 4.69) is 15.2 Å². The van der Waals surface area contributed by atoms with Crippen LogP contribution in [0, 0.1) is 6.92 Å². The van der Waals surface area contributed by atoms with E-state index >= 15 is 0 Å². The maximum Gasteiger partial charge on any atom is 0.257 e. The molecule has 1 unspecified atom stereocenters. The average molecular weight is 399 g/mol. The first-order valence-corrected chi connectivity index (χ1v) is 10.5. The number of aromatic nitrogens is 1. The van der Waals surface area contributed by atoms with Crippen LogP contribution in [0.25, 0.3) is 11.3 Å². The third-order valence-corrected chi connectivity index (χ3v) is 4.78. The highest BCUT2D eigenvalue weighted by molar-refractivity contribution is 7.92. The number of hydrogen-bond donors (Lipinski definition) is 2. The molecule has 0 saturated heterocycles. The zero-order valence-corrected chi connectivity index (χ0v) is 16.6. The van der Waals surface area contributed by atoms with E-state index in [0.717, 1.165) is 17.4 Å². The molecule has 146 valence electrons. The summed E-state index contributed by atoms with van der Waals surface area (Å²) in [5.41, 5.74) is 2.85. The van der Waals surface area contributed by atoms with E-state index in [1.54, 1.807) is 25.1 Å². The molecule has 3 rings (SSSR count). The summed E-state index contributed by atoms with van der Waals surface area (Å²) in [6, 6.07) is 15.9. The molecular weight excluding hydrogens is 378 g/mol. The van der Waals surface area contributed by atoms with Crippen molar-refractivity contribution in [2.75, 3.05) is 11.0 Å². The van der Waals surface area contributed by atoms with Gasteiger partial charge in [-0.2, -0.15) is 0 Å². The Labute approximate surface area is 163 Å². The number of carbonyl (C=O) groups is 1. The first kappa shape index (κ1) is 19.6. The van der Waals surface area contributed by atoms with Gasteiger partial charge >= 0.3 is 0 Å². The predicted molar refractivity (Wildman–Crippen MR) is 107 cm³/mol. The molecule has 1 amide bonds. The first-order valence-electron chi connectivity index (χ1n) is 8.65. The molecule has 0 aliphatic carbocycles. The maximum atomic E-state index is 12.9. The van der Waals surface area contributed by atoms with Crippen LogP contribution in [0.2, 0.25) is 0 Å². The molecule has 8 heteroatoms. The molecule has 1 heterocycles. The number of anilines is 1. The second-order valence-corrected chi connectivity index (χ2v) is 8.27. The van der Waals surface area contributed by atoms with Crippen LogP contribution in [0.1, 0.15) is 34.6 Å². The number of rotatable bonds is 6. The normalized spacial score (nSPS) is 12.4. The fourth-order valence-electron chi connectivity index (χ4n) is 2.87. The lowest BCUT2D eigenvalue weighted by molar-refractivity contribution is 0.0939. The van der Waals surface area contributed by atoms with E-state index in [1.807, 2.05) is 43.3 Å². The van der Waals surface area contributed by atoms with E-state index in [4.69, 9.17) is 4.52 Å². The first-order chi connectivity index (χ1) is 13.2. The van der Waals surface area contributed by atoms with Crippen molar-refractivity contribution in [3.63, 3.8) is 0 Å². The third-order valence-electron chi connectivity index (χ3n) is 4.17. The fourth-order valence-corrected chi connectivity index (χ4v) is 3.43. The van der Waals surface area contributed by atoms with E-state index < -0.39 is 10.0 Å². The Bertz CT molecular complexity index is 1090. The zero-order chi connectivity index (χ0) is 20.3. The van der Waals surface area contributed by atoms with Gasteiger partial charge in [-0.15, -0.1) is 0 Å². The van der Waals surface area contributed by atoms with Crippen molar-refractivity contribution in [1.82, 2.24) is 10.5 Å². The SMILES string of the molecule is Cc1onc(-c2ccccc2)c1C(=O)NC(C)c1cccc(NS(C)(=O)=O)c1. The molecule has 2 N–H and O–H groups in total. The fraction of sp³-hybridized carbons (Fsp3) is 0.200. The molecule has 28 heavy (non-hydrogen) atoms. The van der Waals surface area contributed by atoms with Crippen LogP contribution in [0.3, 0.4) is 0 Å². The van der Waals surface area contributed by atoms with Crippen LogP contribution in [0.5, 0.6) is 0 Å². The predicted octanol–water partition coefficient (Wildman–Crippen LogP) is 3.51. The van der Waals surface area contributed by atoms with Crippen molar-refractivity contribution in [2.24, 2.45) is 0 Å². The molecule has 0 saturated carbocycles. The van der Waals surface area contributed by atoms with Gasteiger partial charge in [0.1, 0.15) is 17.0 Å². The van der Waals surface area contributed by atoms with Gasteiger partial charge in [0.25, 0.3) is 5.91 Å². The van der Waals surface area contributed by atoms with Gasteiger partial charge in [-0.3, -0.25) is 9.52 Å². The Morgan fingerprint density at radius 3 is 2.50 bits per heavy atom. The van der Waals surface area contributed by atoms with Crippen molar-refractivity contribution in [3.8, 4) is 11.3 Å². The van der Waals surface area contributed by atoms with Crippen LogP contribution in [-0.2, 0) is 10.0 Å². The average Bonchev–Trinajstić information content (AvgIpc) is 3.03. The summed E-state index contributed by atoms with van der Waals surface area (Å²) in [6.45, 7) is 3.51. The van der Waals surface area contributed by atoms with Crippen molar-refractivity contribution < 1.29 is 17.7 Å². The summed E-state index contributed by atoms with van der Waals surface area (Å²) in [5, 5.41) is 6.95. The van der Waals surface area contributed by atoms with Gasteiger partial charge in [0.2, 0.25) is 10.0 Å². The number of nitrogens with zero attached hydrogens (tertiary/aromatic N) is 1. The summed E-state index contributed by atoms with van der Waals surface area (Å²) >= 11 is 0. The maximum absolute atomic E-state index is 12.9. The Kier molecular flexibility index (Phi) is 5.51. The van der Waals surface area contributed by atoms with Crippen LogP contribution in [0.4, 0.5) is 5.69 Å². The standard InChI is InChI=1S/C20H21N3O4S/c1-13(16-10-7-11-17(12-16)23-28(3,25)26)21-20(24)18-14(2)27-22-19(18)15-8-5-4-6-9-15/h4-13,23H,1-3H3,(H,21,24). The minimum atomic E-state index is -3.38. The molecule has 1 aromatic heterocycles. The number of nitrogens with one attached hydrogen (secondary N) is 2. The Morgan fingerprint density at radius 1 is 1.11 bits per heavy atom. The number of benzene rings is 2. The largest absolute Gasteiger partial charge is 0.360 e. The molecule has 0 radical (unpaired) electrons. The number of amides is 1. The molecule has 1 atom stereocenters. The summed E-state index contributed by atoms with van der Waals surface area (Å²) < 4.78 is 30.5. The molecule has 7 nitrogen and oxygen atoms in total. The second kappa shape index (κ2) is 7.85. The number of hydrogen-bond acceptors (Lipinski definition) is 5. The number of sulfonamides is 1. The van der Waals surface area contributed by atoms with E-state index in [1.165, 1.54) is 0 Å². The minimum absolute atomic E-state index is 0.313. The van der Waals surface area contributed by atoms with Crippen molar-refractivity contribution >= 4 is 21.6 Å². The summed E-state index contributed by atoms with van der Waals surface area (Å²) in [6.07, 6.45) is 1.09. The van der Waals surface area contributed by atoms with Crippen LogP contribution >= 0.6 is 0 Å². The van der Waals surface area contributed by atoms with Gasteiger partial charge in [-0.25, -0.2) is 8.42 Å². The Balaban J connectivity index is 1.83. The zero-order valence-electron chi connectivity index (χ0n) is 15.8. The van der Waals surface area contributed by atoms with Gasteiger partial charge in [-0.1, -0.05) is 47.6 Å². The van der Waals surface area contributed by atoms with Crippen LogP contribution in [0.15, 0.2) is 59.1 Å². The van der Waals surface area contributed by atoms with Gasteiger partial charge in [0.15, 0.2) is 0 Å². The molecule has 0 aliphatic heterocycles. The lowest BCUT2D eigenvalue weighted by Crippen LogP contribution is -2.27. The summed E-state index contributed by atoms with van der Waals surface area (Å²) in [4.78, 5) is 12.9. The topological polar surface area (TPSA) is 101 Å². The Morgan fingerprint density at radius 2 is 1.82 bits per heavy atom. The highest BCUT2D eigenvalue weighted by Crippen LogP contribution is 2.26. The molecular formula is C20H21N3O4S. The Hall–Kier alpha value is -3.13. The summed E-state index contributed by atoms with van der Waals surface area (Å²) in [7, 11) is -3.38. The molecule has 2 aromatic carbocycles. The highest BCUT2D eigenvalue weighted by atomic mass is 32.2. The van der Waals surface area contributed by atoms with Gasteiger partial charge in [0.05, 0.1) is 12.3 Å². The smallest absolute Gasteiger partial charge is 0.257 e. The minimum Gasteiger partial charge on any atom is -0.360 e. The van der Waals surface area contributed by atoms with E-state index in [-0.39, 0.29) is 11.9 Å². The van der Waals surface area contributed by atoms with Gasteiger partial charge < -0.3 is 9.84 Å². The van der Waals surface area contributed by atoms with Crippen molar-refractivity contribution in [3.05, 3.63) is 71.5 Å². The summed E-state index contributed by atoms with van der Waals surface area (Å²) in [5.74, 6) is 0.114. The molecule has 0 spiro atoms. The van der Waals surface area contributed by atoms with Crippen molar-refractivity contribution in [1.29, 1.82) is 0 Å². The molecule has 0 aliphatic rings. The van der Waals surface area contributed by atoms with E-state index in [9.17, 15) is 13.2 Å². The molecule has 0 bridgehead atoms. The van der Waals surface area contributed by atoms with Crippen LogP contribution in [-0.4, -0.2) is 25.7 Å². The highest BCUT2D eigenvalue weighted by Gasteiger charge is 2.23. The second-order valence-electron chi connectivity index (χ2n) is 6.52.